The average Bonchev–Trinajstić information content (AvgIpc) is 3.02. The fourth-order valence-electron chi connectivity index (χ4n) is 2.51. The molecular formula is C20H27N3O3. The van der Waals surface area contributed by atoms with Gasteiger partial charge in [-0.05, 0) is 43.4 Å². The number of nitrogens with one attached hydrogen (secondary N) is 1. The lowest BCUT2D eigenvalue weighted by molar-refractivity contribution is -0.117. The highest BCUT2D eigenvalue weighted by Crippen LogP contribution is 2.12. The topological polar surface area (TPSA) is 75.4 Å². The molecule has 0 aliphatic rings. The molecule has 2 rings (SSSR count). The standard InChI is InChI=1S/C20H27N3O3/c1-5-16-6-8-17(9-7-16)20(25)23(11-10-14(2)3)13-19(24)21-18-12-15(4)26-22-18/h6-9,12,14H,5,10-11,13H2,1-4H3,(H,21,22,24). The maximum Gasteiger partial charge on any atom is 0.254 e. The van der Waals surface area contributed by atoms with Crippen LogP contribution in [0.5, 0.6) is 0 Å². The first-order chi connectivity index (χ1) is 12.4. The quantitative estimate of drug-likeness (QED) is 0.782. The van der Waals surface area contributed by atoms with Crippen molar-refractivity contribution in [2.24, 2.45) is 5.92 Å². The Labute approximate surface area is 154 Å². The zero-order valence-corrected chi connectivity index (χ0v) is 15.9. The van der Waals surface area contributed by atoms with Gasteiger partial charge in [0.15, 0.2) is 5.82 Å². The van der Waals surface area contributed by atoms with Gasteiger partial charge in [-0.3, -0.25) is 9.59 Å². The van der Waals surface area contributed by atoms with Crippen LogP contribution in [0.25, 0.3) is 0 Å². The highest BCUT2D eigenvalue weighted by molar-refractivity contribution is 5.99. The molecule has 0 unspecified atom stereocenters. The summed E-state index contributed by atoms with van der Waals surface area (Å²) in [6.07, 6.45) is 1.75. The van der Waals surface area contributed by atoms with Crippen LogP contribution in [0.3, 0.4) is 0 Å². The van der Waals surface area contributed by atoms with E-state index in [0.29, 0.717) is 29.6 Å². The summed E-state index contributed by atoms with van der Waals surface area (Å²) in [5.74, 6) is 0.981. The third-order valence-corrected chi connectivity index (χ3v) is 4.10. The summed E-state index contributed by atoms with van der Waals surface area (Å²) >= 11 is 0. The van der Waals surface area contributed by atoms with Gasteiger partial charge in [0.1, 0.15) is 12.3 Å². The summed E-state index contributed by atoms with van der Waals surface area (Å²) in [6.45, 7) is 8.51. The number of hydrogen-bond donors (Lipinski definition) is 1. The highest BCUT2D eigenvalue weighted by atomic mass is 16.5. The lowest BCUT2D eigenvalue weighted by atomic mass is 10.1. The molecule has 1 N–H and O–H groups in total. The molecule has 1 aromatic carbocycles. The Morgan fingerprint density at radius 3 is 2.46 bits per heavy atom. The lowest BCUT2D eigenvalue weighted by Crippen LogP contribution is -2.39. The van der Waals surface area contributed by atoms with Crippen LogP contribution in [0.15, 0.2) is 34.9 Å². The van der Waals surface area contributed by atoms with Gasteiger partial charge < -0.3 is 14.7 Å². The monoisotopic (exact) mass is 357 g/mol. The lowest BCUT2D eigenvalue weighted by Gasteiger charge is -2.23. The number of nitrogens with zero attached hydrogens (tertiary/aromatic N) is 2. The zero-order chi connectivity index (χ0) is 19.1. The van der Waals surface area contributed by atoms with E-state index in [2.05, 4.69) is 31.2 Å². The van der Waals surface area contributed by atoms with Crippen molar-refractivity contribution in [3.63, 3.8) is 0 Å². The zero-order valence-electron chi connectivity index (χ0n) is 15.9. The molecule has 0 bridgehead atoms. The first-order valence-electron chi connectivity index (χ1n) is 9.00. The molecule has 26 heavy (non-hydrogen) atoms. The summed E-state index contributed by atoms with van der Waals surface area (Å²) in [5, 5.41) is 6.42. The molecule has 140 valence electrons. The van der Waals surface area contributed by atoms with Gasteiger partial charge in [0.05, 0.1) is 0 Å². The van der Waals surface area contributed by atoms with Crippen LogP contribution in [-0.2, 0) is 11.2 Å². The molecule has 6 heteroatoms. The molecule has 0 fully saturated rings. The Bertz CT molecular complexity index is 735. The first kappa shape index (κ1) is 19.7. The summed E-state index contributed by atoms with van der Waals surface area (Å²) in [7, 11) is 0. The van der Waals surface area contributed by atoms with Gasteiger partial charge in [0, 0.05) is 18.2 Å². The van der Waals surface area contributed by atoms with E-state index in [1.165, 1.54) is 5.56 Å². The largest absolute Gasteiger partial charge is 0.360 e. The van der Waals surface area contributed by atoms with Crippen molar-refractivity contribution in [3.05, 3.63) is 47.2 Å². The van der Waals surface area contributed by atoms with Crippen LogP contribution >= 0.6 is 0 Å². The Balaban J connectivity index is 2.07. The highest BCUT2D eigenvalue weighted by Gasteiger charge is 2.20. The van der Waals surface area contributed by atoms with Gasteiger partial charge in [0.2, 0.25) is 5.91 Å². The minimum absolute atomic E-state index is 0.0208. The van der Waals surface area contributed by atoms with E-state index in [-0.39, 0.29) is 18.4 Å². The normalized spacial score (nSPS) is 10.8. The molecule has 1 heterocycles. The number of carbonyl (C=O) groups excluding carboxylic acids is 2. The van der Waals surface area contributed by atoms with Crippen LogP contribution in [0.2, 0.25) is 0 Å². The summed E-state index contributed by atoms with van der Waals surface area (Å²) in [5.41, 5.74) is 1.77. The van der Waals surface area contributed by atoms with Gasteiger partial charge >= 0.3 is 0 Å². The van der Waals surface area contributed by atoms with Gasteiger partial charge in [0.25, 0.3) is 5.91 Å². The number of aryl methyl sites for hydroxylation is 2. The molecule has 6 nitrogen and oxygen atoms in total. The Hall–Kier alpha value is -2.63. The van der Waals surface area contributed by atoms with Crippen molar-refractivity contribution < 1.29 is 14.1 Å². The Morgan fingerprint density at radius 1 is 1.23 bits per heavy atom. The van der Waals surface area contributed by atoms with E-state index in [1.54, 1.807) is 17.9 Å². The van der Waals surface area contributed by atoms with E-state index in [9.17, 15) is 9.59 Å². The second-order valence-corrected chi connectivity index (χ2v) is 6.83. The smallest absolute Gasteiger partial charge is 0.254 e. The fraction of sp³-hybridized carbons (Fsp3) is 0.450. The average molecular weight is 357 g/mol. The maximum absolute atomic E-state index is 12.9. The predicted molar refractivity (Wildman–Crippen MR) is 101 cm³/mol. The number of amides is 2. The third-order valence-electron chi connectivity index (χ3n) is 4.10. The molecular weight excluding hydrogens is 330 g/mol. The van der Waals surface area contributed by atoms with Gasteiger partial charge in [-0.15, -0.1) is 0 Å². The van der Waals surface area contributed by atoms with Crippen molar-refractivity contribution in [2.45, 2.75) is 40.5 Å². The van der Waals surface area contributed by atoms with Crippen molar-refractivity contribution in [1.29, 1.82) is 0 Å². The second kappa shape index (κ2) is 9.17. The maximum atomic E-state index is 12.9. The number of carbonyl (C=O) groups is 2. The van der Waals surface area contributed by atoms with E-state index >= 15 is 0 Å². The predicted octanol–water partition coefficient (Wildman–Crippen LogP) is 3.67. The van der Waals surface area contributed by atoms with Crippen LogP contribution in [0.4, 0.5) is 5.82 Å². The summed E-state index contributed by atoms with van der Waals surface area (Å²) in [6, 6.07) is 9.19. The fourth-order valence-corrected chi connectivity index (χ4v) is 2.51. The van der Waals surface area contributed by atoms with Gasteiger partial charge in [-0.1, -0.05) is 38.1 Å². The molecule has 2 amide bonds. The summed E-state index contributed by atoms with van der Waals surface area (Å²) < 4.78 is 4.94. The number of benzene rings is 1. The SMILES string of the molecule is CCc1ccc(C(=O)N(CCC(C)C)CC(=O)Nc2cc(C)on2)cc1. The molecule has 0 aliphatic heterocycles. The van der Waals surface area contributed by atoms with E-state index in [4.69, 9.17) is 4.52 Å². The van der Waals surface area contributed by atoms with Crippen molar-refractivity contribution in [1.82, 2.24) is 10.1 Å². The Morgan fingerprint density at radius 2 is 1.92 bits per heavy atom. The second-order valence-electron chi connectivity index (χ2n) is 6.83. The van der Waals surface area contributed by atoms with Crippen molar-refractivity contribution in [3.8, 4) is 0 Å². The van der Waals surface area contributed by atoms with E-state index in [1.807, 2.05) is 24.3 Å². The van der Waals surface area contributed by atoms with Crippen LogP contribution in [0, 0.1) is 12.8 Å². The van der Waals surface area contributed by atoms with Crippen LogP contribution < -0.4 is 5.32 Å². The molecule has 0 aliphatic carbocycles. The van der Waals surface area contributed by atoms with E-state index in [0.717, 1.165) is 12.8 Å². The molecule has 0 atom stereocenters. The molecule has 0 spiro atoms. The third kappa shape index (κ3) is 5.72. The molecule has 1 aromatic heterocycles. The van der Waals surface area contributed by atoms with Gasteiger partial charge in [-0.2, -0.15) is 0 Å². The number of anilines is 1. The molecule has 0 saturated carbocycles. The Kier molecular flexibility index (Phi) is 6.95. The van der Waals surface area contributed by atoms with Crippen molar-refractivity contribution in [2.75, 3.05) is 18.4 Å². The number of hydrogen-bond acceptors (Lipinski definition) is 4. The molecule has 0 radical (unpaired) electrons. The van der Waals surface area contributed by atoms with Crippen LogP contribution in [0.1, 0.15) is 48.9 Å². The van der Waals surface area contributed by atoms with Gasteiger partial charge in [-0.25, -0.2) is 0 Å². The van der Waals surface area contributed by atoms with Crippen molar-refractivity contribution >= 4 is 17.6 Å². The first-order valence-corrected chi connectivity index (χ1v) is 9.00. The number of rotatable bonds is 8. The molecule has 2 aromatic rings. The molecule has 0 saturated heterocycles. The van der Waals surface area contributed by atoms with E-state index < -0.39 is 0 Å². The minimum Gasteiger partial charge on any atom is -0.360 e. The summed E-state index contributed by atoms with van der Waals surface area (Å²) in [4.78, 5) is 26.8. The minimum atomic E-state index is -0.291. The van der Waals surface area contributed by atoms with Crippen LogP contribution in [-0.4, -0.2) is 35.0 Å². The number of aromatic nitrogens is 1.